The highest BCUT2D eigenvalue weighted by molar-refractivity contribution is 7.99. The molecule has 1 saturated carbocycles. The van der Waals surface area contributed by atoms with Crippen LogP contribution in [0.25, 0.3) is 0 Å². The average Bonchev–Trinajstić information content (AvgIpc) is 3.50. The molecular formula is C37H65N5O4S. The van der Waals surface area contributed by atoms with E-state index < -0.39 is 6.10 Å². The van der Waals surface area contributed by atoms with Gasteiger partial charge in [0.25, 0.3) is 0 Å². The van der Waals surface area contributed by atoms with Gasteiger partial charge in [-0.1, -0.05) is 58.2 Å². The van der Waals surface area contributed by atoms with Crippen LogP contribution in [0, 0.1) is 17.8 Å². The van der Waals surface area contributed by atoms with Crippen LogP contribution in [0.1, 0.15) is 93.4 Å². The first kappa shape index (κ1) is 41.0. The predicted molar refractivity (Wildman–Crippen MR) is 194 cm³/mol. The largest absolute Gasteiger partial charge is 0.390 e. The number of fused-ring (bicyclic) bond motifs is 1. The lowest BCUT2D eigenvalue weighted by atomic mass is 9.75. The van der Waals surface area contributed by atoms with Crippen LogP contribution in [0.4, 0.5) is 0 Å². The van der Waals surface area contributed by atoms with Gasteiger partial charge in [0, 0.05) is 36.2 Å². The van der Waals surface area contributed by atoms with Gasteiger partial charge in [0.15, 0.2) is 0 Å². The minimum absolute atomic E-state index is 0.0255. The van der Waals surface area contributed by atoms with Gasteiger partial charge in [-0.05, 0) is 96.0 Å². The topological polar surface area (TPSA) is 114 Å². The Labute approximate surface area is 289 Å². The Bertz CT molecular complexity index is 1040. The third-order valence-electron chi connectivity index (χ3n) is 8.37. The lowest BCUT2D eigenvalue weighted by Gasteiger charge is -2.42. The number of benzene rings is 1. The van der Waals surface area contributed by atoms with E-state index in [1.165, 1.54) is 39.0 Å². The Morgan fingerprint density at radius 2 is 1.51 bits per heavy atom. The SMILES string of the molecule is CC(=O)NC(C)(C)C.CC(C)C.O=C(CN1CCCC1)NCC(=O)N[C@@H](CSc1ccccc1)[C@H](O)CN1CC[C@@H]2CCCC[C@@H]2C1. The van der Waals surface area contributed by atoms with Gasteiger partial charge in [-0.2, -0.15) is 0 Å². The first-order valence-corrected chi connectivity index (χ1v) is 18.9. The summed E-state index contributed by atoms with van der Waals surface area (Å²) < 4.78 is 0. The van der Waals surface area contributed by atoms with Crippen LogP contribution in [0.2, 0.25) is 0 Å². The summed E-state index contributed by atoms with van der Waals surface area (Å²) in [4.78, 5) is 40.9. The molecule has 4 rings (SSSR count). The molecule has 2 heterocycles. The molecule has 3 aliphatic rings. The molecule has 0 bridgehead atoms. The molecule has 0 aromatic heterocycles. The second-order valence-corrected chi connectivity index (χ2v) is 16.2. The number of likely N-dealkylation sites (tertiary alicyclic amines) is 2. The van der Waals surface area contributed by atoms with Crippen molar-refractivity contribution >= 4 is 29.5 Å². The van der Waals surface area contributed by atoms with Crippen LogP contribution in [0.5, 0.6) is 0 Å². The number of thioether (sulfide) groups is 1. The van der Waals surface area contributed by atoms with Crippen molar-refractivity contribution in [3.8, 4) is 0 Å². The molecule has 0 spiro atoms. The molecule has 0 unspecified atom stereocenters. The molecule has 3 fully saturated rings. The number of rotatable bonds is 11. The Balaban J connectivity index is 0.000000547. The van der Waals surface area contributed by atoms with Crippen molar-refractivity contribution in [3.63, 3.8) is 0 Å². The number of amides is 3. The zero-order chi connectivity index (χ0) is 34.8. The van der Waals surface area contributed by atoms with Crippen LogP contribution in [0.3, 0.4) is 0 Å². The highest BCUT2D eigenvalue weighted by Crippen LogP contribution is 2.36. The molecule has 0 radical (unpaired) electrons. The smallest absolute Gasteiger partial charge is 0.239 e. The van der Waals surface area contributed by atoms with Crippen molar-refractivity contribution in [2.75, 3.05) is 51.6 Å². The van der Waals surface area contributed by atoms with Gasteiger partial charge in [-0.15, -0.1) is 11.8 Å². The molecule has 4 N–H and O–H groups in total. The van der Waals surface area contributed by atoms with Crippen LogP contribution in [-0.2, 0) is 14.4 Å². The minimum atomic E-state index is -0.657. The fourth-order valence-corrected chi connectivity index (χ4v) is 7.38. The fraction of sp³-hybridized carbons (Fsp3) is 0.757. The molecule has 1 aromatic carbocycles. The molecule has 2 saturated heterocycles. The Hall–Kier alpha value is -2.14. The highest BCUT2D eigenvalue weighted by atomic mass is 32.2. The Kier molecular flexibility index (Phi) is 19.0. The Morgan fingerprint density at radius 1 is 0.894 bits per heavy atom. The number of aliphatic hydroxyl groups is 1. The van der Waals surface area contributed by atoms with Crippen molar-refractivity contribution in [1.29, 1.82) is 0 Å². The monoisotopic (exact) mass is 675 g/mol. The number of aliphatic hydroxyl groups excluding tert-OH is 1. The van der Waals surface area contributed by atoms with Crippen molar-refractivity contribution in [2.45, 2.75) is 116 Å². The zero-order valence-electron chi connectivity index (χ0n) is 30.4. The van der Waals surface area contributed by atoms with Crippen LogP contribution in [-0.4, -0.2) is 102 Å². The summed E-state index contributed by atoms with van der Waals surface area (Å²) in [6.45, 7) is 18.7. The van der Waals surface area contributed by atoms with Crippen molar-refractivity contribution in [2.24, 2.45) is 17.8 Å². The van der Waals surface area contributed by atoms with Gasteiger partial charge < -0.3 is 26.0 Å². The summed E-state index contributed by atoms with van der Waals surface area (Å²) in [5, 5.41) is 19.7. The lowest BCUT2D eigenvalue weighted by molar-refractivity contribution is -0.127. The molecule has 2 aliphatic heterocycles. The maximum absolute atomic E-state index is 12.7. The van der Waals surface area contributed by atoms with E-state index in [-0.39, 0.29) is 35.8 Å². The fourth-order valence-electron chi connectivity index (χ4n) is 6.35. The molecule has 1 aliphatic carbocycles. The van der Waals surface area contributed by atoms with Gasteiger partial charge in [-0.25, -0.2) is 0 Å². The first-order chi connectivity index (χ1) is 22.2. The molecule has 47 heavy (non-hydrogen) atoms. The summed E-state index contributed by atoms with van der Waals surface area (Å²) in [5.41, 5.74) is -0.0775. The molecule has 1 aromatic rings. The quantitative estimate of drug-likeness (QED) is 0.246. The number of β-amino-alcohol motifs (C(OH)–C–C–N with tert-alkyl or cyclic N) is 1. The van der Waals surface area contributed by atoms with Gasteiger partial charge in [-0.3, -0.25) is 19.3 Å². The van der Waals surface area contributed by atoms with E-state index in [9.17, 15) is 19.5 Å². The van der Waals surface area contributed by atoms with E-state index in [0.29, 0.717) is 18.8 Å². The summed E-state index contributed by atoms with van der Waals surface area (Å²) in [6, 6.07) is 9.68. The van der Waals surface area contributed by atoms with Crippen molar-refractivity contribution < 1.29 is 19.5 Å². The van der Waals surface area contributed by atoms with Crippen molar-refractivity contribution in [1.82, 2.24) is 25.8 Å². The molecular weight excluding hydrogens is 611 g/mol. The normalized spacial score (nSPS) is 21.2. The number of hydrogen-bond donors (Lipinski definition) is 4. The number of nitrogens with one attached hydrogen (secondary N) is 3. The van der Waals surface area contributed by atoms with E-state index in [4.69, 9.17) is 0 Å². The third-order valence-corrected chi connectivity index (χ3v) is 9.50. The number of piperidine rings is 1. The summed E-state index contributed by atoms with van der Waals surface area (Å²) in [5.74, 6) is 2.68. The maximum atomic E-state index is 12.7. The highest BCUT2D eigenvalue weighted by Gasteiger charge is 2.33. The van der Waals surface area contributed by atoms with Gasteiger partial charge in [0.1, 0.15) is 0 Å². The maximum Gasteiger partial charge on any atom is 0.239 e. The number of nitrogens with zero attached hydrogens (tertiary/aromatic N) is 2. The first-order valence-electron chi connectivity index (χ1n) is 17.9. The average molecular weight is 676 g/mol. The van der Waals surface area contributed by atoms with E-state index in [2.05, 4.69) is 46.5 Å². The second kappa shape index (κ2) is 21.8. The standard InChI is InChI=1S/C27H42N4O3S.C6H13NO.C4H10/c32-25(18-31-15-12-21-8-4-5-9-22(21)17-31)24(20-35-23-10-2-1-3-11-23)29-26(33)16-28-27(34)19-30-13-6-7-14-30;1-5(8)7-6(2,3)4;1-4(2)3/h1-3,10-11,21-22,24-25,32H,4-9,12-20H2,(H,28,34)(H,29,33);1-4H3,(H,7,8);4H,1-3H3/t21-,22+,24-,25+;;/m0../s1. The van der Waals surface area contributed by atoms with Crippen LogP contribution in [0.15, 0.2) is 35.2 Å². The summed E-state index contributed by atoms with van der Waals surface area (Å²) in [6.07, 6.45) is 8.17. The molecule has 10 heteroatoms. The number of carbonyl (C=O) groups is 3. The second-order valence-electron chi connectivity index (χ2n) is 15.1. The number of hydrogen-bond acceptors (Lipinski definition) is 7. The zero-order valence-corrected chi connectivity index (χ0v) is 31.2. The molecule has 3 amide bonds. The Morgan fingerprint density at radius 3 is 2.09 bits per heavy atom. The summed E-state index contributed by atoms with van der Waals surface area (Å²) >= 11 is 1.64. The summed E-state index contributed by atoms with van der Waals surface area (Å²) in [7, 11) is 0. The van der Waals surface area contributed by atoms with E-state index in [1.54, 1.807) is 11.8 Å². The van der Waals surface area contributed by atoms with Gasteiger partial charge >= 0.3 is 0 Å². The molecule has 9 nitrogen and oxygen atoms in total. The van der Waals surface area contributed by atoms with Crippen LogP contribution < -0.4 is 16.0 Å². The van der Waals surface area contributed by atoms with Crippen molar-refractivity contribution in [3.05, 3.63) is 30.3 Å². The third kappa shape index (κ3) is 18.8. The molecule has 268 valence electrons. The van der Waals surface area contributed by atoms with E-state index in [1.807, 2.05) is 51.1 Å². The molecule has 4 atom stereocenters. The number of carbonyl (C=O) groups excluding carboxylic acids is 3. The predicted octanol–water partition coefficient (Wildman–Crippen LogP) is 4.93. The van der Waals surface area contributed by atoms with E-state index in [0.717, 1.165) is 61.7 Å². The van der Waals surface area contributed by atoms with Gasteiger partial charge in [0.2, 0.25) is 17.7 Å². The van der Waals surface area contributed by atoms with Crippen LogP contribution >= 0.6 is 11.8 Å². The van der Waals surface area contributed by atoms with E-state index >= 15 is 0 Å². The van der Waals surface area contributed by atoms with Gasteiger partial charge in [0.05, 0.1) is 25.2 Å². The minimum Gasteiger partial charge on any atom is -0.390 e. The lowest BCUT2D eigenvalue weighted by Crippen LogP contribution is -2.53.